The molecular weight excluding hydrogens is 494 g/mol. The highest BCUT2D eigenvalue weighted by Gasteiger charge is 2.48. The van der Waals surface area contributed by atoms with Crippen LogP contribution in [0.2, 0.25) is 5.02 Å². The molecule has 5 N–H and O–H groups in total. The van der Waals surface area contributed by atoms with Gasteiger partial charge in [0.2, 0.25) is 11.8 Å². The van der Waals surface area contributed by atoms with Crippen LogP contribution >= 0.6 is 11.6 Å². The molecule has 2 saturated heterocycles. The van der Waals surface area contributed by atoms with Gasteiger partial charge in [-0.05, 0) is 31.0 Å². The monoisotopic (exact) mass is 521 g/mol. The molecule has 10 nitrogen and oxygen atoms in total. The second-order valence-electron chi connectivity index (χ2n) is 9.67. The van der Waals surface area contributed by atoms with Crippen LogP contribution in [0.15, 0.2) is 54.9 Å². The van der Waals surface area contributed by atoms with E-state index in [0.717, 1.165) is 23.6 Å². The molecule has 6 rings (SSSR count). The molecule has 11 heteroatoms. The molecule has 3 aliphatic heterocycles. The van der Waals surface area contributed by atoms with Gasteiger partial charge < -0.3 is 15.0 Å². The van der Waals surface area contributed by atoms with Gasteiger partial charge in [-0.15, -0.1) is 0 Å². The van der Waals surface area contributed by atoms with Crippen molar-refractivity contribution < 1.29 is 14.3 Å². The lowest BCUT2D eigenvalue weighted by Crippen LogP contribution is -2.54. The molecule has 0 saturated carbocycles. The molecule has 192 valence electrons. The van der Waals surface area contributed by atoms with E-state index < -0.39 is 5.41 Å². The average molecular weight is 522 g/mol. The maximum atomic E-state index is 14.2. The van der Waals surface area contributed by atoms with Crippen molar-refractivity contribution in [2.24, 2.45) is 0 Å². The number of fused-ring (bicyclic) bond motifs is 2. The van der Waals surface area contributed by atoms with Gasteiger partial charge in [0.05, 0.1) is 29.9 Å². The quantitative estimate of drug-likeness (QED) is 0.347. The van der Waals surface area contributed by atoms with Crippen LogP contribution in [0.25, 0.3) is 10.8 Å². The van der Waals surface area contributed by atoms with E-state index in [1.807, 2.05) is 29.2 Å². The van der Waals surface area contributed by atoms with Gasteiger partial charge in [-0.25, -0.2) is 10.9 Å². The van der Waals surface area contributed by atoms with Crippen molar-refractivity contribution in [3.63, 3.8) is 0 Å². The molecule has 0 aliphatic carbocycles. The molecule has 2 unspecified atom stereocenters. The summed E-state index contributed by atoms with van der Waals surface area (Å²) in [6.07, 6.45) is 5.34. The number of hydrazine groups is 3. The maximum absolute atomic E-state index is 14.2. The highest BCUT2D eigenvalue weighted by atomic mass is 35.5. The molecule has 0 bridgehead atoms. The summed E-state index contributed by atoms with van der Waals surface area (Å²) in [6, 6.07) is 12.9. The molecule has 2 amide bonds. The van der Waals surface area contributed by atoms with Gasteiger partial charge in [0, 0.05) is 46.9 Å². The molecule has 2 atom stereocenters. The normalized spacial score (nSPS) is 23.6. The second kappa shape index (κ2) is 9.88. The van der Waals surface area contributed by atoms with Crippen molar-refractivity contribution in [3.8, 4) is 5.75 Å². The number of carbonyl (C=O) groups is 2. The summed E-state index contributed by atoms with van der Waals surface area (Å²) in [4.78, 5) is 34.3. The van der Waals surface area contributed by atoms with Gasteiger partial charge >= 0.3 is 0 Å². The van der Waals surface area contributed by atoms with E-state index >= 15 is 0 Å². The minimum atomic E-state index is -1.16. The van der Waals surface area contributed by atoms with E-state index in [4.69, 9.17) is 16.3 Å². The number of ether oxygens (including phenoxy) is 1. The average Bonchev–Trinajstić information content (AvgIpc) is 3.61. The summed E-state index contributed by atoms with van der Waals surface area (Å²) in [6.45, 7) is 0.944. The standard InChI is InChI=1S/C26H28ClN7O3/c27-17-7-8-22-19(12-17)26(9-11-37-22,13-23(35)34-10-3-6-21(34)24-30-32-33-31-24)25(36)29-20-15-28-14-16-4-1-2-5-18(16)20/h1-2,4-5,7-8,12,14-15,21,24,30-33H,3,6,9-11,13H2,(H,29,36). The third-order valence-electron chi connectivity index (χ3n) is 7.57. The summed E-state index contributed by atoms with van der Waals surface area (Å²) in [5.74, 6) is 0.208. The summed E-state index contributed by atoms with van der Waals surface area (Å²) in [7, 11) is 0. The Labute approximate surface area is 219 Å². The number of aromatic nitrogens is 1. The third kappa shape index (κ3) is 4.41. The Hall–Kier alpha value is -3.28. The number of likely N-dealkylation sites (tertiary alicyclic amines) is 1. The molecule has 37 heavy (non-hydrogen) atoms. The molecule has 3 aliphatic rings. The molecule has 2 fully saturated rings. The highest BCUT2D eigenvalue weighted by Crippen LogP contribution is 2.44. The first-order valence-corrected chi connectivity index (χ1v) is 12.8. The van der Waals surface area contributed by atoms with E-state index in [-0.39, 0.29) is 30.4 Å². The fraction of sp³-hybridized carbons (Fsp3) is 0.346. The van der Waals surface area contributed by atoms with E-state index in [0.29, 0.717) is 41.6 Å². The van der Waals surface area contributed by atoms with Crippen molar-refractivity contribution in [2.45, 2.75) is 43.3 Å². The van der Waals surface area contributed by atoms with E-state index in [1.165, 1.54) is 0 Å². The van der Waals surface area contributed by atoms with Crippen LogP contribution in [-0.2, 0) is 15.0 Å². The van der Waals surface area contributed by atoms with Gasteiger partial charge in [-0.1, -0.05) is 35.9 Å². The minimum Gasteiger partial charge on any atom is -0.493 e. The van der Waals surface area contributed by atoms with Crippen LogP contribution in [-0.4, -0.2) is 47.1 Å². The van der Waals surface area contributed by atoms with Crippen molar-refractivity contribution >= 4 is 39.9 Å². The Morgan fingerprint density at radius 2 is 2.00 bits per heavy atom. The topological polar surface area (TPSA) is 120 Å². The Bertz CT molecular complexity index is 1340. The molecular formula is C26H28ClN7O3. The molecule has 0 spiro atoms. The van der Waals surface area contributed by atoms with Crippen LogP contribution in [0.3, 0.4) is 0 Å². The van der Waals surface area contributed by atoms with Crippen molar-refractivity contribution in [1.82, 2.24) is 31.8 Å². The number of anilines is 1. The first kappa shape index (κ1) is 24.1. The predicted molar refractivity (Wildman–Crippen MR) is 139 cm³/mol. The molecule has 2 aromatic carbocycles. The zero-order valence-corrected chi connectivity index (χ0v) is 20.8. The Morgan fingerprint density at radius 3 is 2.86 bits per heavy atom. The van der Waals surface area contributed by atoms with E-state index in [1.54, 1.807) is 30.6 Å². The van der Waals surface area contributed by atoms with Gasteiger partial charge in [-0.2, -0.15) is 11.1 Å². The number of nitrogens with zero attached hydrogens (tertiary/aromatic N) is 2. The van der Waals surface area contributed by atoms with Crippen molar-refractivity contribution in [1.29, 1.82) is 0 Å². The minimum absolute atomic E-state index is 0.00218. The number of halogens is 1. The first-order valence-electron chi connectivity index (χ1n) is 12.4. The fourth-order valence-corrected chi connectivity index (χ4v) is 5.87. The number of nitrogens with one attached hydrogen (secondary N) is 5. The van der Waals surface area contributed by atoms with Crippen LogP contribution < -0.4 is 32.0 Å². The Morgan fingerprint density at radius 1 is 1.16 bits per heavy atom. The van der Waals surface area contributed by atoms with Crippen LogP contribution in [0.5, 0.6) is 5.75 Å². The lowest BCUT2D eigenvalue weighted by Gasteiger charge is -2.39. The number of carbonyl (C=O) groups excluding carboxylic acids is 2. The molecule has 3 aromatic rings. The van der Waals surface area contributed by atoms with E-state index in [9.17, 15) is 9.59 Å². The van der Waals surface area contributed by atoms with Crippen LogP contribution in [0.4, 0.5) is 5.69 Å². The van der Waals surface area contributed by atoms with Crippen LogP contribution in [0, 0.1) is 0 Å². The number of rotatable bonds is 5. The predicted octanol–water partition coefficient (Wildman–Crippen LogP) is 2.37. The summed E-state index contributed by atoms with van der Waals surface area (Å²) < 4.78 is 5.90. The summed E-state index contributed by atoms with van der Waals surface area (Å²) in [5, 5.41) is 5.38. The summed E-state index contributed by atoms with van der Waals surface area (Å²) in [5.41, 5.74) is 11.9. The largest absolute Gasteiger partial charge is 0.493 e. The second-order valence-corrected chi connectivity index (χ2v) is 10.1. The number of amides is 2. The maximum Gasteiger partial charge on any atom is 0.235 e. The Kier molecular flexibility index (Phi) is 6.43. The SMILES string of the molecule is O=C(CC1(C(=O)Nc2cncc3ccccc23)CCOc2ccc(Cl)cc21)N1CCCC1C1NNNN1. The molecule has 0 radical (unpaired) electrons. The van der Waals surface area contributed by atoms with E-state index in [2.05, 4.69) is 32.2 Å². The molecule has 4 heterocycles. The van der Waals surface area contributed by atoms with Crippen LogP contribution in [0.1, 0.15) is 31.2 Å². The van der Waals surface area contributed by atoms with Gasteiger partial charge in [-0.3, -0.25) is 14.6 Å². The van der Waals surface area contributed by atoms with Gasteiger partial charge in [0.15, 0.2) is 0 Å². The highest BCUT2D eigenvalue weighted by molar-refractivity contribution is 6.30. The van der Waals surface area contributed by atoms with Gasteiger partial charge in [0.25, 0.3) is 0 Å². The lowest BCUT2D eigenvalue weighted by atomic mass is 9.72. The molecule has 1 aromatic heterocycles. The van der Waals surface area contributed by atoms with Crippen molar-refractivity contribution in [3.05, 3.63) is 65.4 Å². The lowest BCUT2D eigenvalue weighted by molar-refractivity contribution is -0.138. The zero-order chi connectivity index (χ0) is 25.4. The first-order chi connectivity index (χ1) is 18.0. The Balaban J connectivity index is 1.37. The van der Waals surface area contributed by atoms with Crippen molar-refractivity contribution in [2.75, 3.05) is 18.5 Å². The third-order valence-corrected chi connectivity index (χ3v) is 7.80. The number of hydrogen-bond donors (Lipinski definition) is 5. The van der Waals surface area contributed by atoms with Gasteiger partial charge in [0.1, 0.15) is 11.9 Å². The number of pyridine rings is 1. The smallest absolute Gasteiger partial charge is 0.235 e. The fourth-order valence-electron chi connectivity index (χ4n) is 5.69. The number of benzene rings is 2. The number of hydrogen-bond acceptors (Lipinski definition) is 8. The zero-order valence-electron chi connectivity index (χ0n) is 20.1. The summed E-state index contributed by atoms with van der Waals surface area (Å²) >= 11 is 6.40.